The van der Waals surface area contributed by atoms with Gasteiger partial charge in [0.2, 0.25) is 5.91 Å². The summed E-state index contributed by atoms with van der Waals surface area (Å²) >= 11 is 0. The summed E-state index contributed by atoms with van der Waals surface area (Å²) in [6.45, 7) is 1.75. The molecule has 22 heavy (non-hydrogen) atoms. The molecule has 4 rings (SSSR count). The maximum atomic E-state index is 13.1. The van der Waals surface area contributed by atoms with E-state index in [-0.39, 0.29) is 17.4 Å². The topological polar surface area (TPSA) is 58.6 Å². The van der Waals surface area contributed by atoms with Crippen LogP contribution < -0.4 is 10.1 Å². The Bertz CT molecular complexity index is 637. The summed E-state index contributed by atoms with van der Waals surface area (Å²) in [6, 6.07) is 5.79. The smallest absolute Gasteiger partial charge is 0.258 e. The number of hydrogen-bond donors (Lipinski definition) is 1. The van der Waals surface area contributed by atoms with E-state index in [2.05, 4.69) is 5.32 Å². The lowest BCUT2D eigenvalue weighted by Gasteiger charge is -2.49. The van der Waals surface area contributed by atoms with E-state index in [0.29, 0.717) is 31.7 Å². The number of carbonyl (C=O) groups is 2. The molecule has 1 spiro atoms. The molecule has 3 aliphatic rings. The predicted octanol–water partition coefficient (Wildman–Crippen LogP) is 1.51. The van der Waals surface area contributed by atoms with Crippen molar-refractivity contribution in [3.8, 4) is 5.75 Å². The molecular weight excluding hydrogens is 280 g/mol. The van der Waals surface area contributed by atoms with Crippen LogP contribution in [-0.4, -0.2) is 41.9 Å². The van der Waals surface area contributed by atoms with Gasteiger partial charge in [0.05, 0.1) is 17.7 Å². The second-order valence-corrected chi connectivity index (χ2v) is 6.45. The lowest BCUT2D eigenvalue weighted by atomic mass is 9.72. The van der Waals surface area contributed by atoms with Crippen LogP contribution >= 0.6 is 0 Å². The first-order chi connectivity index (χ1) is 10.7. The van der Waals surface area contributed by atoms with Crippen LogP contribution in [0.4, 0.5) is 0 Å². The summed E-state index contributed by atoms with van der Waals surface area (Å²) in [5.74, 6) is 0.810. The van der Waals surface area contributed by atoms with Crippen LogP contribution in [0.25, 0.3) is 0 Å². The molecule has 1 aliphatic carbocycles. The quantitative estimate of drug-likeness (QED) is 0.855. The van der Waals surface area contributed by atoms with Crippen molar-refractivity contribution in [3.63, 3.8) is 0 Å². The van der Waals surface area contributed by atoms with E-state index in [4.69, 9.17) is 4.74 Å². The van der Waals surface area contributed by atoms with E-state index in [1.807, 2.05) is 23.1 Å². The van der Waals surface area contributed by atoms with Gasteiger partial charge in [0.1, 0.15) is 5.75 Å². The van der Waals surface area contributed by atoms with Gasteiger partial charge in [-0.05, 0) is 30.9 Å². The third kappa shape index (κ3) is 1.99. The first-order valence-corrected chi connectivity index (χ1v) is 8.03. The lowest BCUT2D eigenvalue weighted by molar-refractivity contribution is -0.123. The van der Waals surface area contributed by atoms with Gasteiger partial charge < -0.3 is 15.0 Å². The zero-order valence-corrected chi connectivity index (χ0v) is 12.6. The van der Waals surface area contributed by atoms with Crippen LogP contribution in [0.2, 0.25) is 0 Å². The van der Waals surface area contributed by atoms with Gasteiger partial charge in [-0.1, -0.05) is 12.1 Å². The highest BCUT2D eigenvalue weighted by molar-refractivity contribution is 5.98. The summed E-state index contributed by atoms with van der Waals surface area (Å²) in [5.41, 5.74) is 1.48. The largest absolute Gasteiger partial charge is 0.492 e. The highest BCUT2D eigenvalue weighted by Gasteiger charge is 2.47. The molecule has 2 fully saturated rings. The Balaban J connectivity index is 1.69. The molecule has 0 atom stereocenters. The van der Waals surface area contributed by atoms with Crippen molar-refractivity contribution in [3.05, 3.63) is 29.3 Å². The van der Waals surface area contributed by atoms with Crippen LogP contribution in [0.5, 0.6) is 5.75 Å². The van der Waals surface area contributed by atoms with Crippen LogP contribution in [0, 0.1) is 0 Å². The number of nitrogens with one attached hydrogen (secondary N) is 1. The monoisotopic (exact) mass is 300 g/mol. The average molecular weight is 300 g/mol. The molecule has 2 aliphatic heterocycles. The van der Waals surface area contributed by atoms with Gasteiger partial charge in [-0.15, -0.1) is 0 Å². The van der Waals surface area contributed by atoms with Crippen molar-refractivity contribution in [2.45, 2.75) is 37.6 Å². The Morgan fingerprint density at radius 2 is 2.18 bits per heavy atom. The maximum absolute atomic E-state index is 13.1. The highest BCUT2D eigenvalue weighted by Crippen LogP contribution is 2.43. The standard InChI is InChI=1S/C17H20N2O3/c20-14-11-17(6-2-7-17)19(9-8-18-14)16(21)13-4-1-3-12-5-10-22-15(12)13/h1,3-4H,2,5-11H2,(H,18,20). The predicted molar refractivity (Wildman–Crippen MR) is 80.9 cm³/mol. The molecule has 0 unspecified atom stereocenters. The minimum atomic E-state index is -0.279. The third-order valence-corrected chi connectivity index (χ3v) is 5.19. The van der Waals surface area contributed by atoms with Crippen molar-refractivity contribution in [1.29, 1.82) is 0 Å². The maximum Gasteiger partial charge on any atom is 0.258 e. The van der Waals surface area contributed by atoms with Crippen LogP contribution in [0.3, 0.4) is 0 Å². The van der Waals surface area contributed by atoms with E-state index in [9.17, 15) is 9.59 Å². The van der Waals surface area contributed by atoms with Gasteiger partial charge in [0.25, 0.3) is 5.91 Å². The molecule has 1 aromatic carbocycles. The van der Waals surface area contributed by atoms with Crippen molar-refractivity contribution in [2.24, 2.45) is 0 Å². The fourth-order valence-corrected chi connectivity index (χ4v) is 3.88. The Hall–Kier alpha value is -2.04. The molecule has 0 aromatic heterocycles. The summed E-state index contributed by atoms with van der Waals surface area (Å²) in [4.78, 5) is 27.0. The third-order valence-electron chi connectivity index (χ3n) is 5.19. The number of hydrogen-bond acceptors (Lipinski definition) is 3. The minimum absolute atomic E-state index is 0.00921. The molecule has 0 bridgehead atoms. The van der Waals surface area contributed by atoms with Gasteiger partial charge in [-0.2, -0.15) is 0 Å². The lowest BCUT2D eigenvalue weighted by Crippen LogP contribution is -2.56. The molecule has 1 saturated carbocycles. The first-order valence-electron chi connectivity index (χ1n) is 8.03. The number of carbonyl (C=O) groups excluding carboxylic acids is 2. The van der Waals surface area contributed by atoms with E-state index in [1.54, 1.807) is 0 Å². The van der Waals surface area contributed by atoms with Gasteiger partial charge in [0, 0.05) is 25.9 Å². The van der Waals surface area contributed by atoms with E-state index in [1.165, 1.54) is 0 Å². The molecule has 2 heterocycles. The fourth-order valence-electron chi connectivity index (χ4n) is 3.88. The average Bonchev–Trinajstić information content (AvgIpc) is 2.88. The molecule has 116 valence electrons. The Labute approximate surface area is 129 Å². The molecule has 5 nitrogen and oxygen atoms in total. The highest BCUT2D eigenvalue weighted by atomic mass is 16.5. The molecule has 2 amide bonds. The normalized spacial score (nSPS) is 22.4. The number of benzene rings is 1. The summed E-state index contributed by atoms with van der Waals surface area (Å²) in [7, 11) is 0. The first kappa shape index (κ1) is 13.6. The Morgan fingerprint density at radius 3 is 2.95 bits per heavy atom. The fraction of sp³-hybridized carbons (Fsp3) is 0.529. The van der Waals surface area contributed by atoms with Gasteiger partial charge in [0.15, 0.2) is 0 Å². The van der Waals surface area contributed by atoms with Crippen molar-refractivity contribution < 1.29 is 14.3 Å². The minimum Gasteiger partial charge on any atom is -0.492 e. The Morgan fingerprint density at radius 1 is 1.32 bits per heavy atom. The molecule has 1 N–H and O–H groups in total. The molecule has 1 saturated heterocycles. The zero-order valence-electron chi connectivity index (χ0n) is 12.6. The molecule has 1 aromatic rings. The number of nitrogens with zero attached hydrogens (tertiary/aromatic N) is 1. The molecule has 5 heteroatoms. The number of rotatable bonds is 1. The number of amides is 2. The van der Waals surface area contributed by atoms with Crippen LogP contribution in [-0.2, 0) is 11.2 Å². The second kappa shape index (κ2) is 5.00. The van der Waals surface area contributed by atoms with Gasteiger partial charge >= 0.3 is 0 Å². The summed E-state index contributed by atoms with van der Waals surface area (Å²) in [6.07, 6.45) is 4.21. The number of ether oxygens (including phenoxy) is 1. The summed E-state index contributed by atoms with van der Waals surface area (Å²) in [5, 5.41) is 2.89. The zero-order chi connectivity index (χ0) is 15.2. The van der Waals surface area contributed by atoms with Crippen molar-refractivity contribution in [1.82, 2.24) is 10.2 Å². The molecular formula is C17H20N2O3. The van der Waals surface area contributed by atoms with Crippen molar-refractivity contribution in [2.75, 3.05) is 19.7 Å². The summed E-state index contributed by atoms with van der Waals surface area (Å²) < 4.78 is 5.68. The SMILES string of the molecule is O=C1CC2(CCC2)N(C(=O)c2cccc3c2OCC3)CCN1. The second-order valence-electron chi connectivity index (χ2n) is 6.45. The van der Waals surface area contributed by atoms with Gasteiger partial charge in [-0.25, -0.2) is 0 Å². The Kier molecular flexibility index (Phi) is 3.10. The van der Waals surface area contributed by atoms with E-state index in [0.717, 1.165) is 37.0 Å². The number of para-hydroxylation sites is 1. The van der Waals surface area contributed by atoms with Crippen molar-refractivity contribution >= 4 is 11.8 Å². The number of fused-ring (bicyclic) bond motifs is 1. The van der Waals surface area contributed by atoms with E-state index < -0.39 is 0 Å². The van der Waals surface area contributed by atoms with Crippen LogP contribution in [0.15, 0.2) is 18.2 Å². The molecule has 0 radical (unpaired) electrons. The van der Waals surface area contributed by atoms with Gasteiger partial charge in [-0.3, -0.25) is 9.59 Å². The van der Waals surface area contributed by atoms with Crippen LogP contribution in [0.1, 0.15) is 41.6 Å². The van der Waals surface area contributed by atoms with E-state index >= 15 is 0 Å².